The van der Waals surface area contributed by atoms with Crippen molar-refractivity contribution in [2.45, 2.75) is 4.21 Å². The predicted octanol–water partition coefficient (Wildman–Crippen LogP) is 3.84. The Balaban J connectivity index is 0.00000162. The molecule has 1 heterocycles. The Morgan fingerprint density at radius 3 is 2.67 bits per heavy atom. The van der Waals surface area contributed by atoms with Gasteiger partial charge in [-0.2, -0.15) is 0 Å². The Labute approximate surface area is 133 Å². The summed E-state index contributed by atoms with van der Waals surface area (Å²) in [6.45, 7) is 0. The molecule has 0 aliphatic heterocycles. The van der Waals surface area contributed by atoms with Crippen molar-refractivity contribution in [1.29, 1.82) is 0 Å². The van der Waals surface area contributed by atoms with E-state index in [2.05, 4.69) is 4.99 Å². The lowest BCUT2D eigenvalue weighted by Crippen LogP contribution is -1.97. The van der Waals surface area contributed by atoms with E-state index in [4.69, 9.17) is 5.11 Å². The van der Waals surface area contributed by atoms with Crippen LogP contribution in [0.3, 0.4) is 0 Å². The molecule has 18 heavy (non-hydrogen) atoms. The van der Waals surface area contributed by atoms with Gasteiger partial charge in [0.15, 0.2) is 0 Å². The van der Waals surface area contributed by atoms with Gasteiger partial charge in [-0.3, -0.25) is 4.79 Å². The molecule has 3 nitrogen and oxygen atoms in total. The normalized spacial score (nSPS) is 11.0. The van der Waals surface area contributed by atoms with Crippen molar-refractivity contribution in [2.75, 3.05) is 5.75 Å². The maximum absolute atomic E-state index is 10.4. The van der Waals surface area contributed by atoms with E-state index in [1.807, 2.05) is 36.4 Å². The highest BCUT2D eigenvalue weighted by Gasteiger charge is 2.01. The average Bonchev–Trinajstić information content (AvgIpc) is 2.75. The van der Waals surface area contributed by atoms with Crippen LogP contribution in [0.15, 0.2) is 45.6 Å². The van der Waals surface area contributed by atoms with Crippen LogP contribution < -0.4 is 4.67 Å². The number of hydrogen-bond donors (Lipinski definition) is 1. The van der Waals surface area contributed by atoms with Gasteiger partial charge < -0.3 is 5.11 Å². The van der Waals surface area contributed by atoms with Crippen LogP contribution in [0.4, 0.5) is 5.69 Å². The molecule has 96 valence electrons. The van der Waals surface area contributed by atoms with Gasteiger partial charge in [-0.1, -0.05) is 38.9 Å². The van der Waals surface area contributed by atoms with E-state index in [-0.39, 0.29) is 29.7 Å². The van der Waals surface area contributed by atoms with E-state index >= 15 is 0 Å². The molecule has 0 amide bonds. The first-order valence-corrected chi connectivity index (χ1v) is 7.92. The number of carboxylic acids is 1. The molecule has 0 atom stereocenters. The second-order valence-electron chi connectivity index (χ2n) is 3.10. The van der Waals surface area contributed by atoms with Crippen molar-refractivity contribution >= 4 is 68.1 Å². The number of carbonyl (C=O) groups is 1. The van der Waals surface area contributed by atoms with Crippen molar-refractivity contribution in [3.05, 3.63) is 41.1 Å². The summed E-state index contributed by atoms with van der Waals surface area (Å²) in [7, 11) is 3.12. The largest absolute Gasteiger partial charge is 0.481 e. The van der Waals surface area contributed by atoms with E-state index in [0.717, 1.165) is 14.6 Å². The van der Waals surface area contributed by atoms with Crippen LogP contribution in [0.2, 0.25) is 0 Å². The lowest BCUT2D eigenvalue weighted by molar-refractivity contribution is -0.133. The zero-order valence-electron chi connectivity index (χ0n) is 9.11. The predicted molar refractivity (Wildman–Crippen MR) is 87.6 cm³/mol. The van der Waals surface area contributed by atoms with Crippen molar-refractivity contribution in [1.82, 2.24) is 0 Å². The van der Waals surface area contributed by atoms with Crippen LogP contribution in [0.25, 0.3) is 0 Å². The van der Waals surface area contributed by atoms with Crippen LogP contribution in [-0.4, -0.2) is 16.8 Å². The van der Waals surface area contributed by atoms with Crippen LogP contribution in [0.1, 0.15) is 0 Å². The van der Waals surface area contributed by atoms with Gasteiger partial charge in [0.05, 0.1) is 15.6 Å². The molecule has 7 heteroatoms. The summed E-state index contributed by atoms with van der Waals surface area (Å²) in [6.07, 6.45) is 0. The van der Waals surface area contributed by atoms with E-state index in [1.165, 1.54) is 11.8 Å². The third kappa shape index (κ3) is 5.09. The number of thioether (sulfide) groups is 1. The Morgan fingerprint density at radius 2 is 2.00 bits per heavy atom. The fraction of sp³-hybridized carbons (Fsp3) is 0.0909. The van der Waals surface area contributed by atoms with Gasteiger partial charge in [-0.25, -0.2) is 4.99 Å². The topological polar surface area (TPSA) is 49.7 Å². The highest BCUT2D eigenvalue weighted by atomic mass is 127. The van der Waals surface area contributed by atoms with Gasteiger partial charge in [0, 0.05) is 0 Å². The minimum atomic E-state index is -0.796. The number of hydrogen-bond acceptors (Lipinski definition) is 5. The second-order valence-corrected chi connectivity index (χ2v) is 6.57. The molecular formula is C11H10INO2S3. The minimum absolute atomic E-state index is 0. The standard InChI is InChI=1S/C11H9NO2S3.HI/c13-10(14)7-15-11-6-9(16-17-11)12-8-4-2-1-3-5-8;/h1-6H,7H2,(H,13,14);1H/b12-9-;. The molecule has 2 rings (SSSR count). The minimum Gasteiger partial charge on any atom is -0.481 e. The molecule has 0 bridgehead atoms. The number of halogens is 1. The molecule has 0 spiro atoms. The summed E-state index contributed by atoms with van der Waals surface area (Å²) in [4.78, 5) is 14.9. The number of nitrogens with zero attached hydrogens (tertiary/aromatic N) is 1. The number of para-hydroxylation sites is 1. The summed E-state index contributed by atoms with van der Waals surface area (Å²) in [5.74, 6) is -0.701. The first kappa shape index (κ1) is 15.7. The lowest BCUT2D eigenvalue weighted by atomic mass is 10.3. The monoisotopic (exact) mass is 411 g/mol. The summed E-state index contributed by atoms with van der Waals surface area (Å²) in [6, 6.07) is 11.6. The zero-order chi connectivity index (χ0) is 12.1. The number of aliphatic carboxylic acids is 1. The fourth-order valence-electron chi connectivity index (χ4n) is 1.11. The average molecular weight is 411 g/mol. The van der Waals surface area contributed by atoms with Crippen molar-refractivity contribution in [3.8, 4) is 0 Å². The third-order valence-electron chi connectivity index (χ3n) is 1.78. The van der Waals surface area contributed by atoms with Gasteiger partial charge in [0.1, 0.15) is 4.67 Å². The Bertz CT molecular complexity index is 565. The molecule has 0 radical (unpaired) electrons. The maximum atomic E-state index is 10.4. The molecular weight excluding hydrogens is 401 g/mol. The Hall–Kier alpha value is -0.380. The first-order chi connectivity index (χ1) is 8.24. The maximum Gasteiger partial charge on any atom is 0.313 e. The molecule has 2 aromatic rings. The molecule has 1 aromatic carbocycles. The third-order valence-corrected chi connectivity index (χ3v) is 5.54. The fourth-order valence-corrected chi connectivity index (χ4v) is 4.37. The number of carboxylic acid groups (broad SMARTS) is 1. The van der Waals surface area contributed by atoms with Crippen LogP contribution in [0.5, 0.6) is 0 Å². The quantitative estimate of drug-likeness (QED) is 0.473. The SMILES string of the molecule is I.O=C(O)CSc1c/c(=N/c2ccccc2)ss1. The zero-order valence-corrected chi connectivity index (χ0v) is 13.9. The highest BCUT2D eigenvalue weighted by molar-refractivity contribution is 14.0. The van der Waals surface area contributed by atoms with Gasteiger partial charge in [0.2, 0.25) is 0 Å². The first-order valence-electron chi connectivity index (χ1n) is 4.78. The van der Waals surface area contributed by atoms with Crippen LogP contribution in [0, 0.1) is 0 Å². The summed E-state index contributed by atoms with van der Waals surface area (Å²) < 4.78 is 1.90. The van der Waals surface area contributed by atoms with Gasteiger partial charge in [-0.05, 0) is 18.2 Å². The molecule has 0 unspecified atom stereocenters. The molecule has 1 aromatic heterocycles. The number of rotatable bonds is 4. The Kier molecular flexibility index (Phi) is 6.90. The van der Waals surface area contributed by atoms with E-state index in [0.29, 0.717) is 0 Å². The molecule has 0 saturated heterocycles. The van der Waals surface area contributed by atoms with E-state index < -0.39 is 5.97 Å². The summed E-state index contributed by atoms with van der Waals surface area (Å²) >= 11 is 1.33. The van der Waals surface area contributed by atoms with Crippen molar-refractivity contribution in [2.24, 2.45) is 4.99 Å². The number of benzene rings is 1. The van der Waals surface area contributed by atoms with E-state index in [9.17, 15) is 4.79 Å². The van der Waals surface area contributed by atoms with Crippen LogP contribution >= 0.6 is 56.4 Å². The van der Waals surface area contributed by atoms with Gasteiger partial charge in [-0.15, -0.1) is 35.7 Å². The summed E-state index contributed by atoms with van der Waals surface area (Å²) in [5.41, 5.74) is 0.913. The van der Waals surface area contributed by atoms with Gasteiger partial charge in [0.25, 0.3) is 0 Å². The molecule has 0 fully saturated rings. The molecule has 0 aliphatic carbocycles. The van der Waals surface area contributed by atoms with Gasteiger partial charge >= 0.3 is 5.97 Å². The highest BCUT2D eigenvalue weighted by Crippen LogP contribution is 2.24. The lowest BCUT2D eigenvalue weighted by Gasteiger charge is -1.89. The van der Waals surface area contributed by atoms with E-state index in [1.54, 1.807) is 20.7 Å². The Morgan fingerprint density at radius 1 is 1.28 bits per heavy atom. The molecule has 0 aliphatic rings. The van der Waals surface area contributed by atoms with Crippen LogP contribution in [-0.2, 0) is 4.79 Å². The smallest absolute Gasteiger partial charge is 0.313 e. The molecule has 1 N–H and O–H groups in total. The summed E-state index contributed by atoms with van der Waals surface area (Å²) in [5, 5.41) is 8.58. The van der Waals surface area contributed by atoms with Crippen molar-refractivity contribution < 1.29 is 9.90 Å². The molecule has 0 saturated carbocycles. The van der Waals surface area contributed by atoms with Crippen molar-refractivity contribution in [3.63, 3.8) is 0 Å². The second kappa shape index (κ2) is 7.93.